The molecule has 0 bridgehead atoms. The highest BCUT2D eigenvalue weighted by Crippen LogP contribution is 2.44. The zero-order valence-electron chi connectivity index (χ0n) is 17.0. The molecule has 6 nitrogen and oxygen atoms in total. The number of thioether (sulfide) groups is 1. The van der Waals surface area contributed by atoms with Crippen molar-refractivity contribution in [2.75, 3.05) is 32.0 Å². The Morgan fingerprint density at radius 2 is 1.79 bits per heavy atom. The van der Waals surface area contributed by atoms with Gasteiger partial charge in [0.2, 0.25) is 0 Å². The van der Waals surface area contributed by atoms with Crippen LogP contribution in [0.25, 0.3) is 0 Å². The topological polar surface area (TPSA) is 61.9 Å². The predicted octanol–water partition coefficient (Wildman–Crippen LogP) is 3.48. The molecule has 0 unspecified atom stereocenters. The third-order valence-electron chi connectivity index (χ3n) is 6.35. The van der Waals surface area contributed by atoms with Gasteiger partial charge >= 0.3 is 6.03 Å². The van der Waals surface area contributed by atoms with E-state index in [1.54, 1.807) is 0 Å². The van der Waals surface area contributed by atoms with Crippen LogP contribution in [-0.4, -0.2) is 64.6 Å². The first kappa shape index (κ1) is 20.4. The van der Waals surface area contributed by atoms with E-state index in [2.05, 4.69) is 5.32 Å². The number of rotatable bonds is 4. The summed E-state index contributed by atoms with van der Waals surface area (Å²) in [6.07, 6.45) is 7.57. The number of nitrogens with zero attached hydrogens (tertiary/aromatic N) is 2. The molecular weight excluding hydrogens is 386 g/mol. The molecule has 1 aromatic rings. The molecule has 2 saturated heterocycles. The largest absolute Gasteiger partial charge is 0.484 e. The van der Waals surface area contributed by atoms with E-state index < -0.39 is 0 Å². The average molecular weight is 418 g/mol. The molecule has 29 heavy (non-hydrogen) atoms. The first-order valence-electron chi connectivity index (χ1n) is 10.8. The minimum Gasteiger partial charge on any atom is -0.484 e. The van der Waals surface area contributed by atoms with Crippen LogP contribution in [0.4, 0.5) is 4.79 Å². The Balaban J connectivity index is 1.29. The molecule has 1 N–H and O–H groups in total. The standard InChI is InChI=1S/C22H31N3O3S/c26-20(17-28-19-9-5-2-6-10-19)25-15-16-29-22(25)11-13-24(14-12-22)21(27)23-18-7-3-1-4-8-18/h2,5-6,9-10,18H,1,3-4,7-8,11-17H2,(H,23,27). The number of benzene rings is 1. The number of para-hydroxylation sites is 1. The van der Waals surface area contributed by atoms with Gasteiger partial charge in [0.15, 0.2) is 6.61 Å². The van der Waals surface area contributed by atoms with Crippen molar-refractivity contribution in [1.82, 2.24) is 15.1 Å². The van der Waals surface area contributed by atoms with Crippen molar-refractivity contribution in [3.05, 3.63) is 30.3 Å². The van der Waals surface area contributed by atoms with Gasteiger partial charge in [-0.15, -0.1) is 11.8 Å². The van der Waals surface area contributed by atoms with Gasteiger partial charge in [-0.2, -0.15) is 0 Å². The van der Waals surface area contributed by atoms with Gasteiger partial charge in [-0.3, -0.25) is 4.79 Å². The summed E-state index contributed by atoms with van der Waals surface area (Å²) in [5.41, 5.74) is 0. The highest BCUT2D eigenvalue weighted by molar-refractivity contribution is 8.00. The van der Waals surface area contributed by atoms with Crippen molar-refractivity contribution in [3.63, 3.8) is 0 Å². The Labute approximate surface area is 177 Å². The van der Waals surface area contributed by atoms with Crippen molar-refractivity contribution in [2.24, 2.45) is 0 Å². The molecule has 1 aromatic carbocycles. The maximum Gasteiger partial charge on any atom is 0.317 e. The van der Waals surface area contributed by atoms with Crippen molar-refractivity contribution >= 4 is 23.7 Å². The summed E-state index contributed by atoms with van der Waals surface area (Å²) in [7, 11) is 0. The van der Waals surface area contributed by atoms with Crippen LogP contribution < -0.4 is 10.1 Å². The highest BCUT2D eigenvalue weighted by atomic mass is 32.2. The molecule has 7 heteroatoms. The van der Waals surface area contributed by atoms with Crippen LogP contribution in [0.15, 0.2) is 30.3 Å². The third kappa shape index (κ3) is 4.82. The predicted molar refractivity (Wildman–Crippen MR) is 115 cm³/mol. The number of piperidine rings is 1. The minimum atomic E-state index is -0.182. The van der Waals surface area contributed by atoms with Gasteiger partial charge in [-0.1, -0.05) is 37.5 Å². The number of carbonyl (C=O) groups excluding carboxylic acids is 2. The van der Waals surface area contributed by atoms with Crippen LogP contribution in [0, 0.1) is 0 Å². The Morgan fingerprint density at radius 1 is 1.07 bits per heavy atom. The van der Waals surface area contributed by atoms with Gasteiger partial charge in [-0.25, -0.2) is 4.79 Å². The van der Waals surface area contributed by atoms with Gasteiger partial charge in [0.05, 0.1) is 4.87 Å². The van der Waals surface area contributed by atoms with E-state index >= 15 is 0 Å². The molecule has 1 saturated carbocycles. The number of amides is 3. The third-order valence-corrected chi connectivity index (χ3v) is 7.90. The zero-order chi connectivity index (χ0) is 20.1. The molecular formula is C22H31N3O3S. The summed E-state index contributed by atoms with van der Waals surface area (Å²) >= 11 is 1.86. The first-order valence-corrected chi connectivity index (χ1v) is 11.8. The van der Waals surface area contributed by atoms with Crippen LogP contribution in [0.2, 0.25) is 0 Å². The lowest BCUT2D eigenvalue weighted by atomic mass is 9.95. The summed E-state index contributed by atoms with van der Waals surface area (Å²) in [6.45, 7) is 2.23. The highest BCUT2D eigenvalue weighted by Gasteiger charge is 2.47. The van der Waals surface area contributed by atoms with E-state index in [1.165, 1.54) is 19.3 Å². The SMILES string of the molecule is O=C(NC1CCCCC1)N1CCC2(CC1)SCCN2C(=O)COc1ccccc1. The van der Waals surface area contributed by atoms with E-state index in [0.717, 1.165) is 43.7 Å². The average Bonchev–Trinajstić information content (AvgIpc) is 3.17. The Kier molecular flexibility index (Phi) is 6.53. The molecule has 3 amide bonds. The van der Waals surface area contributed by atoms with Crippen LogP contribution in [0.3, 0.4) is 0 Å². The quantitative estimate of drug-likeness (QED) is 0.815. The summed E-state index contributed by atoms with van der Waals surface area (Å²) in [4.78, 5) is 29.3. The lowest BCUT2D eigenvalue weighted by molar-refractivity contribution is -0.136. The fourth-order valence-electron chi connectivity index (χ4n) is 4.69. The van der Waals surface area contributed by atoms with Gasteiger partial charge in [0.25, 0.3) is 5.91 Å². The second kappa shape index (κ2) is 9.28. The van der Waals surface area contributed by atoms with Crippen molar-refractivity contribution < 1.29 is 14.3 Å². The molecule has 158 valence electrons. The van der Waals surface area contributed by atoms with Gasteiger partial charge < -0.3 is 19.9 Å². The van der Waals surface area contributed by atoms with Crippen LogP contribution in [0.1, 0.15) is 44.9 Å². The fourth-order valence-corrected chi connectivity index (χ4v) is 6.16. The summed E-state index contributed by atoms with van der Waals surface area (Å²) in [5, 5.41) is 3.22. The van der Waals surface area contributed by atoms with Crippen molar-refractivity contribution in [1.29, 1.82) is 0 Å². The monoisotopic (exact) mass is 417 g/mol. The second-order valence-electron chi connectivity index (χ2n) is 8.21. The van der Waals surface area contributed by atoms with Crippen LogP contribution in [0.5, 0.6) is 5.75 Å². The Hall–Kier alpha value is -1.89. The molecule has 2 heterocycles. The number of urea groups is 1. The number of hydrogen-bond donors (Lipinski definition) is 1. The van der Waals surface area contributed by atoms with E-state index in [-0.39, 0.29) is 23.4 Å². The van der Waals surface area contributed by atoms with Crippen molar-refractivity contribution in [3.8, 4) is 5.75 Å². The Morgan fingerprint density at radius 3 is 2.52 bits per heavy atom. The molecule has 0 aromatic heterocycles. The van der Waals surface area contributed by atoms with E-state index in [4.69, 9.17) is 4.74 Å². The molecule has 1 aliphatic carbocycles. The smallest absolute Gasteiger partial charge is 0.317 e. The molecule has 4 rings (SSSR count). The van der Waals surface area contributed by atoms with E-state index in [0.29, 0.717) is 19.1 Å². The van der Waals surface area contributed by atoms with Gasteiger partial charge in [0.1, 0.15) is 5.75 Å². The zero-order valence-corrected chi connectivity index (χ0v) is 17.8. The summed E-state index contributed by atoms with van der Waals surface area (Å²) < 4.78 is 5.68. The number of hydrogen-bond acceptors (Lipinski definition) is 4. The molecule has 1 spiro atoms. The Bertz CT molecular complexity index is 701. The van der Waals surface area contributed by atoms with Crippen LogP contribution >= 0.6 is 11.8 Å². The molecule has 0 atom stereocenters. The second-order valence-corrected chi connectivity index (χ2v) is 9.67. The summed E-state index contributed by atoms with van der Waals surface area (Å²) in [6, 6.07) is 9.87. The fraction of sp³-hybridized carbons (Fsp3) is 0.636. The van der Waals surface area contributed by atoms with Gasteiger partial charge in [0, 0.05) is 31.4 Å². The van der Waals surface area contributed by atoms with Crippen LogP contribution in [-0.2, 0) is 4.79 Å². The number of ether oxygens (including phenoxy) is 1. The lowest BCUT2D eigenvalue weighted by Gasteiger charge is -2.44. The molecule has 2 aliphatic heterocycles. The molecule has 3 aliphatic rings. The normalized spacial score (nSPS) is 21.9. The van der Waals surface area contributed by atoms with Gasteiger partial charge in [-0.05, 0) is 37.8 Å². The van der Waals surface area contributed by atoms with E-state index in [9.17, 15) is 9.59 Å². The maximum atomic E-state index is 12.9. The summed E-state index contributed by atoms with van der Waals surface area (Å²) in [5.74, 6) is 1.71. The maximum absolute atomic E-state index is 12.9. The number of likely N-dealkylation sites (tertiary alicyclic amines) is 1. The molecule has 3 fully saturated rings. The number of nitrogens with one attached hydrogen (secondary N) is 1. The van der Waals surface area contributed by atoms with E-state index in [1.807, 2.05) is 51.9 Å². The lowest BCUT2D eigenvalue weighted by Crippen LogP contribution is -2.56. The van der Waals surface area contributed by atoms with Crippen molar-refractivity contribution in [2.45, 2.75) is 55.9 Å². The minimum absolute atomic E-state index is 0.0407. The first-order chi connectivity index (χ1) is 14.2. The number of carbonyl (C=O) groups is 2. The molecule has 0 radical (unpaired) electrons.